The fourth-order valence-electron chi connectivity index (χ4n) is 2.87. The van der Waals surface area contributed by atoms with Crippen LogP contribution < -0.4 is 0 Å². The van der Waals surface area contributed by atoms with Crippen molar-refractivity contribution in [2.24, 2.45) is 0 Å². The van der Waals surface area contributed by atoms with Crippen LogP contribution in [0.25, 0.3) is 0 Å². The predicted molar refractivity (Wildman–Crippen MR) is 79.9 cm³/mol. The molecule has 120 valence electrons. The molecule has 0 radical (unpaired) electrons. The molecule has 0 aromatic rings. The lowest BCUT2D eigenvalue weighted by atomic mass is 10.2. The van der Waals surface area contributed by atoms with Crippen LogP contribution in [0, 0.1) is 0 Å². The largest absolute Gasteiger partial charge is 0.378 e. The Labute approximate surface area is 127 Å². The van der Waals surface area contributed by atoms with E-state index >= 15 is 0 Å². The van der Waals surface area contributed by atoms with Crippen LogP contribution in [0.3, 0.4) is 0 Å². The van der Waals surface area contributed by atoms with Crippen molar-refractivity contribution in [3.8, 4) is 0 Å². The number of carbonyl (C=O) groups is 2. The van der Waals surface area contributed by atoms with Gasteiger partial charge in [-0.05, 0) is 12.8 Å². The predicted octanol–water partition coefficient (Wildman–Crippen LogP) is 0.178. The van der Waals surface area contributed by atoms with E-state index in [0.29, 0.717) is 6.04 Å². The molecule has 0 spiro atoms. The minimum atomic E-state index is 0.199. The highest BCUT2D eigenvalue weighted by atomic mass is 16.5. The van der Waals surface area contributed by atoms with Gasteiger partial charge in [0.25, 0.3) is 0 Å². The van der Waals surface area contributed by atoms with Gasteiger partial charge in [-0.1, -0.05) is 0 Å². The average molecular weight is 297 g/mol. The SMILES string of the molecule is CC(=O)N1CCCC1.CC(=O)N1CCN(C2COC2)CC1. The Morgan fingerprint density at radius 3 is 1.62 bits per heavy atom. The third-order valence-electron chi connectivity index (χ3n) is 4.45. The van der Waals surface area contributed by atoms with Crippen LogP contribution in [0.15, 0.2) is 0 Å². The maximum absolute atomic E-state index is 11.0. The summed E-state index contributed by atoms with van der Waals surface area (Å²) >= 11 is 0. The number of ether oxygens (including phenoxy) is 1. The monoisotopic (exact) mass is 297 g/mol. The van der Waals surface area contributed by atoms with Crippen molar-refractivity contribution >= 4 is 11.8 Å². The normalized spacial score (nSPS) is 23.3. The number of piperazine rings is 1. The highest BCUT2D eigenvalue weighted by molar-refractivity contribution is 5.73. The minimum absolute atomic E-state index is 0.199. The fraction of sp³-hybridized carbons (Fsp3) is 0.867. The van der Waals surface area contributed by atoms with Crippen LogP contribution in [-0.2, 0) is 14.3 Å². The van der Waals surface area contributed by atoms with E-state index in [1.54, 1.807) is 13.8 Å². The molecular weight excluding hydrogens is 270 g/mol. The zero-order chi connectivity index (χ0) is 15.2. The number of amides is 2. The first-order chi connectivity index (χ1) is 10.1. The molecule has 3 rings (SSSR count). The molecule has 0 aliphatic carbocycles. The first-order valence-electron chi connectivity index (χ1n) is 7.90. The Balaban J connectivity index is 0.000000173. The van der Waals surface area contributed by atoms with Crippen molar-refractivity contribution in [2.75, 3.05) is 52.5 Å². The molecule has 6 nitrogen and oxygen atoms in total. The second-order valence-corrected chi connectivity index (χ2v) is 5.95. The summed E-state index contributed by atoms with van der Waals surface area (Å²) in [5.74, 6) is 0.423. The van der Waals surface area contributed by atoms with Crippen molar-refractivity contribution in [2.45, 2.75) is 32.7 Å². The van der Waals surface area contributed by atoms with Gasteiger partial charge in [0.1, 0.15) is 0 Å². The summed E-state index contributed by atoms with van der Waals surface area (Å²) in [6.07, 6.45) is 2.39. The van der Waals surface area contributed by atoms with E-state index in [4.69, 9.17) is 4.74 Å². The van der Waals surface area contributed by atoms with Gasteiger partial charge in [0.05, 0.1) is 19.3 Å². The van der Waals surface area contributed by atoms with Crippen LogP contribution in [0.2, 0.25) is 0 Å². The maximum Gasteiger partial charge on any atom is 0.219 e. The van der Waals surface area contributed by atoms with Crippen molar-refractivity contribution in [3.63, 3.8) is 0 Å². The third-order valence-corrected chi connectivity index (χ3v) is 4.45. The molecule has 21 heavy (non-hydrogen) atoms. The maximum atomic E-state index is 11.0. The van der Waals surface area contributed by atoms with Crippen LogP contribution in [0.5, 0.6) is 0 Å². The molecule has 3 aliphatic rings. The number of rotatable bonds is 1. The summed E-state index contributed by atoms with van der Waals surface area (Å²) in [5.41, 5.74) is 0. The molecule has 2 amide bonds. The molecule has 0 aromatic heterocycles. The molecular formula is C15H27N3O3. The molecule has 3 aliphatic heterocycles. The van der Waals surface area contributed by atoms with Gasteiger partial charge in [-0.3, -0.25) is 14.5 Å². The Morgan fingerprint density at radius 1 is 0.810 bits per heavy atom. The zero-order valence-corrected chi connectivity index (χ0v) is 13.2. The first kappa shape index (κ1) is 16.2. The minimum Gasteiger partial charge on any atom is -0.378 e. The quantitative estimate of drug-likeness (QED) is 0.693. The third kappa shape index (κ3) is 4.68. The Bertz CT molecular complexity index is 357. The van der Waals surface area contributed by atoms with E-state index in [1.807, 2.05) is 9.80 Å². The summed E-state index contributed by atoms with van der Waals surface area (Å²) in [4.78, 5) is 27.8. The molecule has 3 saturated heterocycles. The summed E-state index contributed by atoms with van der Waals surface area (Å²) in [6.45, 7) is 10.8. The number of carbonyl (C=O) groups excluding carboxylic acids is 2. The van der Waals surface area contributed by atoms with Gasteiger partial charge in [0, 0.05) is 53.1 Å². The van der Waals surface area contributed by atoms with Gasteiger partial charge in [0.2, 0.25) is 11.8 Å². The Kier molecular flexibility index (Phi) is 5.99. The number of nitrogens with zero attached hydrogens (tertiary/aromatic N) is 3. The van der Waals surface area contributed by atoms with Crippen molar-refractivity contribution in [1.82, 2.24) is 14.7 Å². The van der Waals surface area contributed by atoms with Gasteiger partial charge >= 0.3 is 0 Å². The summed E-state index contributed by atoms with van der Waals surface area (Å²) in [5, 5.41) is 0. The van der Waals surface area contributed by atoms with Gasteiger partial charge in [-0.25, -0.2) is 0 Å². The average Bonchev–Trinajstić information content (AvgIpc) is 2.92. The first-order valence-corrected chi connectivity index (χ1v) is 7.90. The van der Waals surface area contributed by atoms with Gasteiger partial charge in [-0.15, -0.1) is 0 Å². The topological polar surface area (TPSA) is 53.1 Å². The highest BCUT2D eigenvalue weighted by Gasteiger charge is 2.29. The molecule has 0 aromatic carbocycles. The molecule has 0 saturated carbocycles. The summed E-state index contributed by atoms with van der Waals surface area (Å²) in [7, 11) is 0. The molecule has 3 fully saturated rings. The fourth-order valence-corrected chi connectivity index (χ4v) is 2.87. The second kappa shape index (κ2) is 7.75. The zero-order valence-electron chi connectivity index (χ0n) is 13.2. The van der Waals surface area contributed by atoms with E-state index in [1.165, 1.54) is 12.8 Å². The number of likely N-dealkylation sites (tertiary alicyclic amines) is 1. The Hall–Kier alpha value is -1.14. The van der Waals surface area contributed by atoms with Crippen molar-refractivity contribution < 1.29 is 14.3 Å². The van der Waals surface area contributed by atoms with Crippen LogP contribution in [0.1, 0.15) is 26.7 Å². The van der Waals surface area contributed by atoms with Crippen LogP contribution in [0.4, 0.5) is 0 Å². The van der Waals surface area contributed by atoms with E-state index in [2.05, 4.69) is 4.90 Å². The molecule has 0 bridgehead atoms. The molecule has 0 atom stereocenters. The van der Waals surface area contributed by atoms with Gasteiger partial charge < -0.3 is 14.5 Å². The Morgan fingerprint density at radius 2 is 1.29 bits per heavy atom. The lowest BCUT2D eigenvalue weighted by Gasteiger charge is -2.42. The molecule has 0 N–H and O–H groups in total. The van der Waals surface area contributed by atoms with Gasteiger partial charge in [-0.2, -0.15) is 0 Å². The number of hydrogen-bond acceptors (Lipinski definition) is 4. The lowest BCUT2D eigenvalue weighted by Crippen LogP contribution is -2.57. The van der Waals surface area contributed by atoms with Gasteiger partial charge in [0.15, 0.2) is 0 Å². The van der Waals surface area contributed by atoms with E-state index in [-0.39, 0.29) is 11.8 Å². The van der Waals surface area contributed by atoms with Crippen molar-refractivity contribution in [3.05, 3.63) is 0 Å². The second-order valence-electron chi connectivity index (χ2n) is 5.95. The number of hydrogen-bond donors (Lipinski definition) is 0. The molecule has 3 heterocycles. The molecule has 6 heteroatoms. The van der Waals surface area contributed by atoms with E-state index in [0.717, 1.165) is 52.5 Å². The van der Waals surface area contributed by atoms with E-state index in [9.17, 15) is 9.59 Å². The van der Waals surface area contributed by atoms with Crippen molar-refractivity contribution in [1.29, 1.82) is 0 Å². The lowest BCUT2D eigenvalue weighted by molar-refractivity contribution is -0.133. The van der Waals surface area contributed by atoms with E-state index < -0.39 is 0 Å². The summed E-state index contributed by atoms with van der Waals surface area (Å²) < 4.78 is 5.14. The summed E-state index contributed by atoms with van der Waals surface area (Å²) in [6, 6.07) is 0.620. The molecule has 0 unspecified atom stereocenters. The highest BCUT2D eigenvalue weighted by Crippen LogP contribution is 2.13. The van der Waals surface area contributed by atoms with Crippen LogP contribution in [-0.4, -0.2) is 85.0 Å². The standard InChI is InChI=1S/C9H16N2O2.C6H11NO/c1-8(12)10-2-4-11(5-3-10)9-6-13-7-9;1-6(8)7-4-2-3-5-7/h9H,2-7H2,1H3;2-5H2,1H3. The van der Waals surface area contributed by atoms with Crippen LogP contribution >= 0.6 is 0 Å². The smallest absolute Gasteiger partial charge is 0.219 e.